The van der Waals surface area contributed by atoms with E-state index in [1.54, 1.807) is 0 Å². The van der Waals surface area contributed by atoms with Crippen molar-refractivity contribution in [1.82, 2.24) is 15.1 Å². The van der Waals surface area contributed by atoms with Crippen LogP contribution in [-0.2, 0) is 11.3 Å². The van der Waals surface area contributed by atoms with Gasteiger partial charge in [-0.05, 0) is 35.2 Å². The fourth-order valence-electron chi connectivity index (χ4n) is 1.84. The molecule has 116 valence electrons. The van der Waals surface area contributed by atoms with E-state index in [9.17, 15) is 9.59 Å². The maximum atomic E-state index is 11.9. The average Bonchev–Trinajstić information content (AvgIpc) is 3.26. The zero-order valence-corrected chi connectivity index (χ0v) is 13.2. The van der Waals surface area contributed by atoms with Crippen molar-refractivity contribution in [2.24, 2.45) is 0 Å². The third kappa shape index (κ3) is 4.82. The van der Waals surface area contributed by atoms with Gasteiger partial charge in [0, 0.05) is 19.0 Å². The van der Waals surface area contributed by atoms with Crippen LogP contribution in [0.2, 0.25) is 0 Å². The highest BCUT2D eigenvalue weighted by Gasteiger charge is 2.22. The van der Waals surface area contributed by atoms with Gasteiger partial charge in [-0.25, -0.2) is 4.68 Å². The number of aromatic nitrogens is 2. The lowest BCUT2D eigenvalue weighted by atomic mass is 10.3. The van der Waals surface area contributed by atoms with E-state index in [0.29, 0.717) is 35.6 Å². The summed E-state index contributed by atoms with van der Waals surface area (Å²) in [7, 11) is 0. The number of amides is 1. The fourth-order valence-corrected chi connectivity index (χ4v) is 2.29. The number of aliphatic hydroxyl groups is 1. The van der Waals surface area contributed by atoms with Crippen LogP contribution in [0.5, 0.6) is 0 Å². The third-order valence-corrected chi connectivity index (χ3v) is 3.90. The standard InChI is InChI=1S/C13H19BrN4O3/c14-12-10(8-16-18(6-7-19)13(12)21)15-5-1-2-11(20)17-9-3-4-9/h8-9,15,19H,1-7H2,(H,17,20). The van der Waals surface area contributed by atoms with E-state index < -0.39 is 0 Å². The minimum atomic E-state index is -0.291. The monoisotopic (exact) mass is 358 g/mol. The number of rotatable bonds is 8. The lowest BCUT2D eigenvalue weighted by Gasteiger charge is -2.10. The van der Waals surface area contributed by atoms with Crippen molar-refractivity contribution >= 4 is 27.5 Å². The quantitative estimate of drug-likeness (QED) is 0.587. The van der Waals surface area contributed by atoms with Gasteiger partial charge < -0.3 is 15.7 Å². The van der Waals surface area contributed by atoms with Crippen LogP contribution in [0.4, 0.5) is 5.69 Å². The second-order valence-corrected chi connectivity index (χ2v) is 5.79. The number of aliphatic hydroxyl groups excluding tert-OH is 1. The highest BCUT2D eigenvalue weighted by atomic mass is 79.9. The van der Waals surface area contributed by atoms with Crippen LogP contribution in [0.25, 0.3) is 0 Å². The number of halogens is 1. The molecule has 0 spiro atoms. The smallest absolute Gasteiger partial charge is 0.283 e. The highest BCUT2D eigenvalue weighted by Crippen LogP contribution is 2.19. The molecule has 0 unspecified atom stereocenters. The van der Waals surface area contributed by atoms with E-state index in [1.807, 2.05) is 0 Å². The van der Waals surface area contributed by atoms with Gasteiger partial charge >= 0.3 is 0 Å². The summed E-state index contributed by atoms with van der Waals surface area (Å²) in [5.74, 6) is 0.0786. The molecule has 0 radical (unpaired) electrons. The summed E-state index contributed by atoms with van der Waals surface area (Å²) in [6.45, 7) is 0.614. The molecule has 21 heavy (non-hydrogen) atoms. The van der Waals surface area contributed by atoms with Gasteiger partial charge in [0.25, 0.3) is 5.56 Å². The molecule has 1 aromatic rings. The molecule has 1 aliphatic carbocycles. The molecule has 1 saturated carbocycles. The van der Waals surface area contributed by atoms with Crippen molar-refractivity contribution in [2.45, 2.75) is 38.3 Å². The first-order valence-corrected chi connectivity index (χ1v) is 7.81. The second-order valence-electron chi connectivity index (χ2n) is 5.00. The number of carbonyl (C=O) groups is 1. The average molecular weight is 359 g/mol. The van der Waals surface area contributed by atoms with Crippen molar-refractivity contribution in [2.75, 3.05) is 18.5 Å². The normalized spacial score (nSPS) is 14.0. The molecule has 0 atom stereocenters. The molecular formula is C13H19BrN4O3. The highest BCUT2D eigenvalue weighted by molar-refractivity contribution is 9.10. The molecule has 1 fully saturated rings. The molecule has 8 heteroatoms. The Balaban J connectivity index is 1.78. The Labute approximate surface area is 130 Å². The van der Waals surface area contributed by atoms with Crippen molar-refractivity contribution in [3.8, 4) is 0 Å². The summed E-state index contributed by atoms with van der Waals surface area (Å²) in [6.07, 6.45) is 4.87. The van der Waals surface area contributed by atoms with Crippen LogP contribution in [0.3, 0.4) is 0 Å². The van der Waals surface area contributed by atoms with E-state index in [0.717, 1.165) is 12.8 Å². The van der Waals surface area contributed by atoms with Gasteiger partial charge in [-0.2, -0.15) is 5.10 Å². The van der Waals surface area contributed by atoms with E-state index >= 15 is 0 Å². The summed E-state index contributed by atoms with van der Waals surface area (Å²) in [5, 5.41) is 18.8. The van der Waals surface area contributed by atoms with Gasteiger partial charge in [-0.1, -0.05) is 0 Å². The predicted octanol–water partition coefficient (Wildman–Crippen LogP) is 0.469. The minimum Gasteiger partial charge on any atom is -0.394 e. The van der Waals surface area contributed by atoms with Gasteiger partial charge in [-0.3, -0.25) is 9.59 Å². The molecule has 0 aliphatic heterocycles. The van der Waals surface area contributed by atoms with Crippen LogP contribution in [0.1, 0.15) is 25.7 Å². The summed E-state index contributed by atoms with van der Waals surface area (Å²) in [5.41, 5.74) is 0.303. The molecule has 2 rings (SSSR count). The summed E-state index contributed by atoms with van der Waals surface area (Å²) in [6, 6.07) is 0.392. The zero-order chi connectivity index (χ0) is 15.2. The van der Waals surface area contributed by atoms with Gasteiger partial charge in [0.2, 0.25) is 5.91 Å². The predicted molar refractivity (Wildman–Crippen MR) is 82.2 cm³/mol. The molecular weight excluding hydrogens is 340 g/mol. The molecule has 1 amide bonds. The Morgan fingerprint density at radius 2 is 2.29 bits per heavy atom. The van der Waals surface area contributed by atoms with Crippen LogP contribution < -0.4 is 16.2 Å². The van der Waals surface area contributed by atoms with Crippen molar-refractivity contribution < 1.29 is 9.90 Å². The fraction of sp³-hybridized carbons (Fsp3) is 0.615. The number of nitrogens with one attached hydrogen (secondary N) is 2. The minimum absolute atomic E-state index is 0.0786. The van der Waals surface area contributed by atoms with Crippen LogP contribution >= 0.6 is 15.9 Å². The summed E-state index contributed by atoms with van der Waals surface area (Å²) >= 11 is 3.23. The maximum Gasteiger partial charge on any atom is 0.283 e. The van der Waals surface area contributed by atoms with Gasteiger partial charge in [0.1, 0.15) is 4.47 Å². The van der Waals surface area contributed by atoms with Crippen molar-refractivity contribution in [3.05, 3.63) is 21.0 Å². The topological polar surface area (TPSA) is 96.2 Å². The molecule has 0 bridgehead atoms. The molecule has 1 aliphatic rings. The third-order valence-electron chi connectivity index (χ3n) is 3.14. The Hall–Kier alpha value is -1.41. The van der Waals surface area contributed by atoms with Gasteiger partial charge in [0.05, 0.1) is 25.0 Å². The van der Waals surface area contributed by atoms with Crippen LogP contribution in [0, 0.1) is 0 Å². The number of anilines is 1. The van der Waals surface area contributed by atoms with Gasteiger partial charge in [0.15, 0.2) is 0 Å². The number of hydrogen-bond acceptors (Lipinski definition) is 5. The lowest BCUT2D eigenvalue weighted by molar-refractivity contribution is -0.121. The maximum absolute atomic E-state index is 11.9. The Morgan fingerprint density at radius 1 is 1.52 bits per heavy atom. The van der Waals surface area contributed by atoms with Crippen molar-refractivity contribution in [1.29, 1.82) is 0 Å². The Kier molecular flexibility index (Phi) is 5.75. The van der Waals surface area contributed by atoms with Crippen molar-refractivity contribution in [3.63, 3.8) is 0 Å². The SMILES string of the molecule is O=C(CCCNc1cnn(CCO)c(=O)c1Br)NC1CC1. The summed E-state index contributed by atoms with van der Waals surface area (Å²) in [4.78, 5) is 23.4. The van der Waals surface area contributed by atoms with E-state index in [2.05, 4.69) is 31.7 Å². The first kappa shape index (κ1) is 16.0. The molecule has 1 heterocycles. The lowest BCUT2D eigenvalue weighted by Crippen LogP contribution is -2.26. The summed E-state index contributed by atoms with van der Waals surface area (Å²) < 4.78 is 1.58. The zero-order valence-electron chi connectivity index (χ0n) is 11.6. The number of nitrogens with zero attached hydrogens (tertiary/aromatic N) is 2. The van der Waals surface area contributed by atoms with E-state index in [1.165, 1.54) is 10.9 Å². The Morgan fingerprint density at radius 3 is 2.95 bits per heavy atom. The second kappa shape index (κ2) is 7.56. The number of carbonyl (C=O) groups excluding carboxylic acids is 1. The first-order chi connectivity index (χ1) is 10.1. The molecule has 0 aromatic carbocycles. The Bertz CT molecular complexity index is 557. The van der Waals surface area contributed by atoms with Crippen LogP contribution in [-0.4, -0.2) is 40.0 Å². The number of hydrogen-bond donors (Lipinski definition) is 3. The molecule has 1 aromatic heterocycles. The largest absolute Gasteiger partial charge is 0.394 e. The molecule has 0 saturated heterocycles. The van der Waals surface area contributed by atoms with E-state index in [-0.39, 0.29) is 24.6 Å². The van der Waals surface area contributed by atoms with E-state index in [4.69, 9.17) is 5.11 Å². The first-order valence-electron chi connectivity index (χ1n) is 7.01. The molecule has 7 nitrogen and oxygen atoms in total. The molecule has 3 N–H and O–H groups in total. The van der Waals surface area contributed by atoms with Gasteiger partial charge in [-0.15, -0.1) is 0 Å². The van der Waals surface area contributed by atoms with Crippen LogP contribution in [0.15, 0.2) is 15.5 Å².